The van der Waals surface area contributed by atoms with Crippen molar-refractivity contribution in [1.82, 2.24) is 0 Å². The first-order valence-corrected chi connectivity index (χ1v) is 3.84. The molecule has 1 saturated heterocycles. The zero-order chi connectivity index (χ0) is 6.69. The molecule has 1 unspecified atom stereocenters. The third-order valence-electron chi connectivity index (χ3n) is 1.49. The number of ether oxygens (including phenoxy) is 1. The van der Waals surface area contributed by atoms with Crippen molar-refractivity contribution in [1.29, 1.82) is 0 Å². The molecule has 1 atom stereocenters. The SMILES string of the molecule is O=C1CC(CC[Si])CO1. The Morgan fingerprint density at radius 1 is 1.78 bits per heavy atom. The van der Waals surface area contributed by atoms with Crippen molar-refractivity contribution >= 4 is 16.2 Å². The van der Waals surface area contributed by atoms with E-state index in [0.29, 0.717) is 18.9 Å². The van der Waals surface area contributed by atoms with Gasteiger partial charge in [0.05, 0.1) is 13.0 Å². The van der Waals surface area contributed by atoms with Gasteiger partial charge in [-0.2, -0.15) is 0 Å². The first-order valence-electron chi connectivity index (χ1n) is 3.13. The van der Waals surface area contributed by atoms with Crippen molar-refractivity contribution in [2.24, 2.45) is 5.92 Å². The topological polar surface area (TPSA) is 26.3 Å². The summed E-state index contributed by atoms with van der Waals surface area (Å²) >= 11 is 0. The number of cyclic esters (lactones) is 1. The van der Waals surface area contributed by atoms with E-state index in [1.807, 2.05) is 0 Å². The van der Waals surface area contributed by atoms with Gasteiger partial charge >= 0.3 is 5.97 Å². The van der Waals surface area contributed by atoms with Gasteiger partial charge in [0, 0.05) is 16.2 Å². The Labute approximate surface area is 58.0 Å². The number of carbonyl (C=O) groups is 1. The second kappa shape index (κ2) is 3.01. The van der Waals surface area contributed by atoms with Crippen LogP contribution in [0.25, 0.3) is 0 Å². The van der Waals surface area contributed by atoms with E-state index in [-0.39, 0.29) is 5.97 Å². The molecule has 0 amide bonds. The highest BCUT2D eigenvalue weighted by molar-refractivity contribution is 6.08. The van der Waals surface area contributed by atoms with Gasteiger partial charge < -0.3 is 4.74 Å². The van der Waals surface area contributed by atoms with Crippen molar-refractivity contribution in [2.45, 2.75) is 18.9 Å². The standard InChI is InChI=1S/C6H9O2Si/c7-6-3-5(1-2-9)4-8-6/h5H,1-4H2. The molecular formula is C6H9O2Si. The van der Waals surface area contributed by atoms with Crippen LogP contribution in [0.1, 0.15) is 12.8 Å². The monoisotopic (exact) mass is 141 g/mol. The molecule has 3 heteroatoms. The Balaban J connectivity index is 2.22. The minimum absolute atomic E-state index is 0.0416. The molecule has 0 bridgehead atoms. The van der Waals surface area contributed by atoms with Crippen molar-refractivity contribution in [3.63, 3.8) is 0 Å². The fourth-order valence-electron chi connectivity index (χ4n) is 0.954. The van der Waals surface area contributed by atoms with E-state index in [1.54, 1.807) is 0 Å². The molecular weight excluding hydrogens is 132 g/mol. The van der Waals surface area contributed by atoms with Gasteiger partial charge in [-0.3, -0.25) is 4.79 Å². The van der Waals surface area contributed by atoms with E-state index >= 15 is 0 Å². The molecule has 0 N–H and O–H groups in total. The second-order valence-electron chi connectivity index (χ2n) is 2.29. The van der Waals surface area contributed by atoms with Crippen LogP contribution in [-0.4, -0.2) is 22.8 Å². The molecule has 3 radical (unpaired) electrons. The van der Waals surface area contributed by atoms with Crippen LogP contribution >= 0.6 is 0 Å². The van der Waals surface area contributed by atoms with Crippen LogP contribution in [0.2, 0.25) is 6.04 Å². The van der Waals surface area contributed by atoms with Crippen LogP contribution in [0, 0.1) is 5.92 Å². The van der Waals surface area contributed by atoms with E-state index in [4.69, 9.17) is 4.74 Å². The molecule has 1 aliphatic rings. The van der Waals surface area contributed by atoms with Crippen LogP contribution in [0.3, 0.4) is 0 Å². The maximum Gasteiger partial charge on any atom is 0.306 e. The van der Waals surface area contributed by atoms with Crippen LogP contribution in [0.15, 0.2) is 0 Å². The third kappa shape index (κ3) is 1.82. The summed E-state index contributed by atoms with van der Waals surface area (Å²) in [5, 5.41) is 0. The van der Waals surface area contributed by atoms with E-state index in [9.17, 15) is 4.79 Å². The van der Waals surface area contributed by atoms with Gasteiger partial charge in [0.15, 0.2) is 0 Å². The summed E-state index contributed by atoms with van der Waals surface area (Å²) in [6, 6.07) is 0.960. The quantitative estimate of drug-likeness (QED) is 0.414. The molecule has 1 aliphatic heterocycles. The summed E-state index contributed by atoms with van der Waals surface area (Å²) in [6.07, 6.45) is 1.66. The molecule has 0 aliphatic carbocycles. The zero-order valence-corrected chi connectivity index (χ0v) is 6.22. The summed E-state index contributed by atoms with van der Waals surface area (Å²) in [5.74, 6) is 0.426. The zero-order valence-electron chi connectivity index (χ0n) is 5.22. The Morgan fingerprint density at radius 3 is 3.00 bits per heavy atom. The molecule has 2 nitrogen and oxygen atoms in total. The number of rotatable bonds is 2. The molecule has 0 saturated carbocycles. The van der Waals surface area contributed by atoms with E-state index in [0.717, 1.165) is 12.5 Å². The van der Waals surface area contributed by atoms with Crippen molar-refractivity contribution in [2.75, 3.05) is 6.61 Å². The van der Waals surface area contributed by atoms with Gasteiger partial charge in [0.2, 0.25) is 0 Å². The first kappa shape index (κ1) is 6.80. The summed E-state index contributed by atoms with van der Waals surface area (Å²) in [4.78, 5) is 10.5. The lowest BCUT2D eigenvalue weighted by Gasteiger charge is -1.99. The molecule has 0 spiro atoms. The predicted octanol–water partition coefficient (Wildman–Crippen LogP) is 0.526. The maximum absolute atomic E-state index is 10.5. The highest BCUT2D eigenvalue weighted by Crippen LogP contribution is 2.18. The molecule has 1 fully saturated rings. The third-order valence-corrected chi connectivity index (χ3v) is 1.78. The van der Waals surface area contributed by atoms with Crippen molar-refractivity contribution in [3.05, 3.63) is 0 Å². The fraction of sp³-hybridized carbons (Fsp3) is 0.833. The van der Waals surface area contributed by atoms with Gasteiger partial charge in [0.1, 0.15) is 0 Å². The average Bonchev–Trinajstić information content (AvgIpc) is 2.17. The van der Waals surface area contributed by atoms with E-state index in [2.05, 4.69) is 10.2 Å². The minimum Gasteiger partial charge on any atom is -0.465 e. The first-order chi connectivity index (χ1) is 4.33. The summed E-state index contributed by atoms with van der Waals surface area (Å²) in [5.41, 5.74) is 0. The number of hydrogen-bond donors (Lipinski definition) is 0. The van der Waals surface area contributed by atoms with E-state index in [1.165, 1.54) is 0 Å². The highest BCUT2D eigenvalue weighted by atomic mass is 28.1. The molecule has 0 aromatic carbocycles. The van der Waals surface area contributed by atoms with E-state index < -0.39 is 0 Å². The molecule has 1 heterocycles. The number of hydrogen-bond acceptors (Lipinski definition) is 2. The second-order valence-corrected chi connectivity index (χ2v) is 2.79. The smallest absolute Gasteiger partial charge is 0.306 e. The lowest BCUT2D eigenvalue weighted by molar-refractivity contribution is -0.137. The molecule has 0 aromatic heterocycles. The van der Waals surface area contributed by atoms with Crippen LogP contribution in [0.4, 0.5) is 0 Å². The average molecular weight is 141 g/mol. The van der Waals surface area contributed by atoms with Crippen LogP contribution in [0.5, 0.6) is 0 Å². The van der Waals surface area contributed by atoms with Gasteiger partial charge in [0.25, 0.3) is 0 Å². The normalized spacial score (nSPS) is 26.3. The molecule has 0 aromatic rings. The lowest BCUT2D eigenvalue weighted by atomic mass is 10.1. The Morgan fingerprint density at radius 2 is 2.56 bits per heavy atom. The highest BCUT2D eigenvalue weighted by Gasteiger charge is 2.21. The summed E-state index contributed by atoms with van der Waals surface area (Å²) < 4.78 is 4.76. The predicted molar refractivity (Wildman–Crippen MR) is 34.2 cm³/mol. The van der Waals surface area contributed by atoms with Crippen LogP contribution < -0.4 is 0 Å². The van der Waals surface area contributed by atoms with Gasteiger partial charge in [-0.25, -0.2) is 0 Å². The Kier molecular flexibility index (Phi) is 2.27. The molecule has 9 heavy (non-hydrogen) atoms. The Hall–Kier alpha value is -0.313. The lowest BCUT2D eigenvalue weighted by Crippen LogP contribution is -1.97. The fourth-order valence-corrected chi connectivity index (χ4v) is 1.36. The largest absolute Gasteiger partial charge is 0.465 e. The minimum atomic E-state index is -0.0416. The Bertz CT molecular complexity index is 114. The van der Waals surface area contributed by atoms with Gasteiger partial charge in [-0.15, -0.1) is 0 Å². The number of esters is 1. The van der Waals surface area contributed by atoms with Crippen LogP contribution in [-0.2, 0) is 9.53 Å². The molecule has 49 valence electrons. The summed E-state index contributed by atoms with van der Waals surface area (Å²) in [6.45, 7) is 0.628. The summed E-state index contributed by atoms with van der Waals surface area (Å²) in [7, 11) is 3.36. The van der Waals surface area contributed by atoms with Gasteiger partial charge in [-0.05, 0) is 6.42 Å². The van der Waals surface area contributed by atoms with Crippen molar-refractivity contribution < 1.29 is 9.53 Å². The number of carbonyl (C=O) groups excluding carboxylic acids is 1. The van der Waals surface area contributed by atoms with Crippen molar-refractivity contribution in [3.8, 4) is 0 Å². The maximum atomic E-state index is 10.5. The molecule has 1 rings (SSSR count). The van der Waals surface area contributed by atoms with Gasteiger partial charge in [-0.1, -0.05) is 6.04 Å².